The predicted molar refractivity (Wildman–Crippen MR) is 123 cm³/mol. The van der Waals surface area contributed by atoms with Gasteiger partial charge in [0, 0.05) is 0 Å². The molecule has 0 saturated carbocycles. The molecule has 29 heavy (non-hydrogen) atoms. The van der Waals surface area contributed by atoms with Crippen LogP contribution in [0.2, 0.25) is 0 Å². The lowest BCUT2D eigenvalue weighted by atomic mass is 9.67. The van der Waals surface area contributed by atoms with Gasteiger partial charge in [-0.05, 0) is 60.6 Å². The van der Waals surface area contributed by atoms with Crippen LogP contribution in [0.15, 0.2) is 102 Å². The van der Waals surface area contributed by atoms with E-state index in [0.717, 1.165) is 6.42 Å². The summed E-state index contributed by atoms with van der Waals surface area (Å²) in [6.45, 7) is 6.56. The minimum absolute atomic E-state index is 0.287. The highest BCUT2D eigenvalue weighted by atomic mass is 14.5. The van der Waals surface area contributed by atoms with E-state index in [9.17, 15) is 0 Å². The Hall–Kier alpha value is -3.12. The van der Waals surface area contributed by atoms with Crippen LogP contribution in [0.25, 0.3) is 11.1 Å². The van der Waals surface area contributed by atoms with Gasteiger partial charge in [-0.25, -0.2) is 0 Å². The number of aryl methyl sites for hydroxylation is 2. The summed E-state index contributed by atoms with van der Waals surface area (Å²) in [5, 5.41) is 0. The first kappa shape index (κ1) is 17.9. The number of allylic oxidation sites excluding steroid dienone is 6. The fourth-order valence-corrected chi connectivity index (χ4v) is 4.97. The van der Waals surface area contributed by atoms with Crippen molar-refractivity contribution in [2.24, 2.45) is 0 Å². The highest BCUT2D eigenvalue weighted by molar-refractivity contribution is 5.87. The Morgan fingerprint density at radius 2 is 1.41 bits per heavy atom. The predicted octanol–water partition coefficient (Wildman–Crippen LogP) is 7.45. The quantitative estimate of drug-likeness (QED) is 0.437. The number of hydrogen-bond acceptors (Lipinski definition) is 0. The van der Waals surface area contributed by atoms with Gasteiger partial charge in [-0.1, -0.05) is 108 Å². The molecule has 0 heteroatoms. The van der Waals surface area contributed by atoms with Crippen LogP contribution in [0, 0.1) is 13.8 Å². The Kier molecular flexibility index (Phi) is 4.17. The first-order chi connectivity index (χ1) is 14.1. The minimum Gasteiger partial charge on any atom is -0.0801 e. The van der Waals surface area contributed by atoms with Gasteiger partial charge < -0.3 is 0 Å². The highest BCUT2D eigenvalue weighted by Crippen LogP contribution is 2.56. The summed E-state index contributed by atoms with van der Waals surface area (Å²) in [5.74, 6) is 0. The molecule has 0 fully saturated rings. The van der Waals surface area contributed by atoms with Crippen LogP contribution >= 0.6 is 0 Å². The SMILES string of the molecule is CC1=CC=C(C2(c3ccc(C)cc3)c3ccccc3-c3cc(C)ccc32)C=CC1. The number of hydrogen-bond donors (Lipinski definition) is 0. The molecule has 0 spiro atoms. The van der Waals surface area contributed by atoms with E-state index in [1.165, 1.54) is 50.1 Å². The average Bonchev–Trinajstić information content (AvgIpc) is 2.84. The average molecular weight is 375 g/mol. The molecule has 0 radical (unpaired) electrons. The molecule has 1 atom stereocenters. The molecule has 2 aliphatic rings. The zero-order valence-corrected chi connectivity index (χ0v) is 17.4. The van der Waals surface area contributed by atoms with E-state index < -0.39 is 0 Å². The molecule has 0 saturated heterocycles. The highest BCUT2D eigenvalue weighted by Gasteiger charge is 2.46. The van der Waals surface area contributed by atoms with Gasteiger partial charge in [0.05, 0.1) is 5.41 Å². The first-order valence-electron chi connectivity index (χ1n) is 10.4. The van der Waals surface area contributed by atoms with Crippen molar-refractivity contribution in [1.29, 1.82) is 0 Å². The van der Waals surface area contributed by atoms with E-state index in [-0.39, 0.29) is 5.41 Å². The van der Waals surface area contributed by atoms with Crippen LogP contribution in [-0.4, -0.2) is 0 Å². The molecule has 1 unspecified atom stereocenters. The topological polar surface area (TPSA) is 0 Å². The van der Waals surface area contributed by atoms with Crippen LogP contribution in [0.4, 0.5) is 0 Å². The standard InChI is InChI=1S/C29H26/c1-20-7-6-8-23(15-11-20)29(24-16-12-21(2)13-17-24)27-10-5-4-9-25(27)26-19-22(3)14-18-28(26)29/h4-6,8-19H,7H2,1-3H3. The van der Waals surface area contributed by atoms with E-state index in [4.69, 9.17) is 0 Å². The smallest absolute Gasteiger partial charge is 0.0713 e. The molecule has 3 aromatic carbocycles. The molecular formula is C29H26. The van der Waals surface area contributed by atoms with Gasteiger partial charge >= 0.3 is 0 Å². The van der Waals surface area contributed by atoms with Gasteiger partial charge in [-0.2, -0.15) is 0 Å². The van der Waals surface area contributed by atoms with Crippen LogP contribution in [0.5, 0.6) is 0 Å². The van der Waals surface area contributed by atoms with Crippen molar-refractivity contribution in [2.75, 3.05) is 0 Å². The van der Waals surface area contributed by atoms with Crippen LogP contribution < -0.4 is 0 Å². The molecule has 2 aliphatic carbocycles. The molecule has 0 bridgehead atoms. The summed E-state index contributed by atoms with van der Waals surface area (Å²) in [6, 6.07) is 25.0. The van der Waals surface area contributed by atoms with Crippen molar-refractivity contribution in [3.8, 4) is 11.1 Å². The van der Waals surface area contributed by atoms with E-state index in [0.29, 0.717) is 0 Å². The van der Waals surface area contributed by atoms with E-state index in [2.05, 4.69) is 112 Å². The number of benzene rings is 3. The van der Waals surface area contributed by atoms with Gasteiger partial charge in [-0.15, -0.1) is 0 Å². The van der Waals surface area contributed by atoms with Crippen molar-refractivity contribution in [2.45, 2.75) is 32.6 Å². The molecule has 0 nitrogen and oxygen atoms in total. The summed E-state index contributed by atoms with van der Waals surface area (Å²) in [7, 11) is 0. The third-order valence-corrected chi connectivity index (χ3v) is 6.40. The normalized spacial score (nSPS) is 19.8. The molecule has 0 N–H and O–H groups in total. The lowest BCUT2D eigenvalue weighted by Gasteiger charge is -2.34. The Morgan fingerprint density at radius 1 is 0.690 bits per heavy atom. The lowest BCUT2D eigenvalue weighted by molar-refractivity contribution is 0.766. The second-order valence-corrected chi connectivity index (χ2v) is 8.45. The van der Waals surface area contributed by atoms with Gasteiger partial charge in [0.1, 0.15) is 0 Å². The second-order valence-electron chi connectivity index (χ2n) is 8.45. The van der Waals surface area contributed by atoms with E-state index >= 15 is 0 Å². The maximum atomic E-state index is 2.35. The third kappa shape index (κ3) is 2.67. The number of rotatable bonds is 2. The molecule has 3 aromatic rings. The molecule has 0 amide bonds. The zero-order chi connectivity index (χ0) is 20.0. The lowest BCUT2D eigenvalue weighted by Crippen LogP contribution is -2.29. The molecule has 5 rings (SSSR count). The van der Waals surface area contributed by atoms with Gasteiger partial charge in [0.25, 0.3) is 0 Å². The third-order valence-electron chi connectivity index (χ3n) is 6.40. The van der Waals surface area contributed by atoms with Crippen molar-refractivity contribution in [3.05, 3.63) is 130 Å². The minimum atomic E-state index is -0.287. The monoisotopic (exact) mass is 374 g/mol. The van der Waals surface area contributed by atoms with Crippen molar-refractivity contribution in [3.63, 3.8) is 0 Å². The maximum absolute atomic E-state index is 2.35. The molecule has 0 heterocycles. The van der Waals surface area contributed by atoms with Gasteiger partial charge in [0.2, 0.25) is 0 Å². The molecule has 0 aromatic heterocycles. The fraction of sp³-hybridized carbons (Fsp3) is 0.172. The Balaban J connectivity index is 1.93. The Morgan fingerprint density at radius 3 is 2.24 bits per heavy atom. The van der Waals surface area contributed by atoms with Crippen LogP contribution in [-0.2, 0) is 5.41 Å². The number of fused-ring (bicyclic) bond motifs is 3. The van der Waals surface area contributed by atoms with E-state index in [1.54, 1.807) is 0 Å². The summed E-state index contributed by atoms with van der Waals surface area (Å²) >= 11 is 0. The Bertz CT molecular complexity index is 1180. The van der Waals surface area contributed by atoms with Crippen LogP contribution in [0.3, 0.4) is 0 Å². The first-order valence-corrected chi connectivity index (χ1v) is 10.4. The fourth-order valence-electron chi connectivity index (χ4n) is 4.97. The summed E-state index contributed by atoms with van der Waals surface area (Å²) in [4.78, 5) is 0. The van der Waals surface area contributed by atoms with Crippen LogP contribution in [0.1, 0.15) is 41.2 Å². The zero-order valence-electron chi connectivity index (χ0n) is 17.4. The molecular weight excluding hydrogens is 348 g/mol. The molecule has 0 aliphatic heterocycles. The molecule has 142 valence electrons. The summed E-state index contributed by atoms with van der Waals surface area (Å²) in [6.07, 6.45) is 10.3. The summed E-state index contributed by atoms with van der Waals surface area (Å²) in [5.41, 5.74) is 11.9. The second kappa shape index (κ2) is 6.74. The maximum Gasteiger partial charge on any atom is 0.0713 e. The van der Waals surface area contributed by atoms with Crippen molar-refractivity contribution >= 4 is 0 Å². The Labute approximate surface area is 173 Å². The van der Waals surface area contributed by atoms with E-state index in [1.807, 2.05) is 0 Å². The largest absolute Gasteiger partial charge is 0.0801 e. The van der Waals surface area contributed by atoms with Crippen molar-refractivity contribution in [1.82, 2.24) is 0 Å². The van der Waals surface area contributed by atoms with Gasteiger partial charge in [-0.3, -0.25) is 0 Å². The summed E-state index contributed by atoms with van der Waals surface area (Å²) < 4.78 is 0. The van der Waals surface area contributed by atoms with Gasteiger partial charge in [0.15, 0.2) is 0 Å². The van der Waals surface area contributed by atoms with Crippen molar-refractivity contribution < 1.29 is 0 Å².